The Morgan fingerprint density at radius 1 is 0.885 bits per heavy atom. The fraction of sp³-hybridized carbons (Fsp3) is 0.158. The van der Waals surface area contributed by atoms with Gasteiger partial charge >= 0.3 is 6.18 Å². The first-order valence-electron chi connectivity index (χ1n) is 7.83. The van der Waals surface area contributed by atoms with Gasteiger partial charge in [0.25, 0.3) is 5.91 Å². The minimum atomic E-state index is -4.44. The number of amides is 2. The molecule has 0 saturated heterocycles. The number of hydrogen-bond donors (Lipinski definition) is 2. The first-order valence-corrected chi connectivity index (χ1v) is 7.83. The first-order chi connectivity index (χ1) is 12.4. The van der Waals surface area contributed by atoms with Gasteiger partial charge in [-0.15, -0.1) is 0 Å². The lowest BCUT2D eigenvalue weighted by molar-refractivity contribution is -0.137. The van der Waals surface area contributed by atoms with Gasteiger partial charge in [0, 0.05) is 24.7 Å². The van der Waals surface area contributed by atoms with Gasteiger partial charge in [0.1, 0.15) is 0 Å². The molecule has 0 spiro atoms. The Balaban J connectivity index is 1.73. The highest BCUT2D eigenvalue weighted by Gasteiger charge is 2.30. The second-order valence-electron chi connectivity index (χ2n) is 5.37. The van der Waals surface area contributed by atoms with Crippen LogP contribution in [0.2, 0.25) is 0 Å². The van der Waals surface area contributed by atoms with Gasteiger partial charge < -0.3 is 10.6 Å². The molecule has 0 unspecified atom stereocenters. The van der Waals surface area contributed by atoms with Crippen LogP contribution in [-0.2, 0) is 11.0 Å². The molecule has 7 heteroatoms. The SMILES string of the molecule is O=C(/C=C/c1ccccc1)NCCNC(=O)c1ccc(C(F)(F)F)cc1. The summed E-state index contributed by atoms with van der Waals surface area (Å²) in [6, 6.07) is 13.2. The van der Waals surface area contributed by atoms with E-state index in [4.69, 9.17) is 0 Å². The maximum atomic E-state index is 12.5. The van der Waals surface area contributed by atoms with E-state index in [9.17, 15) is 22.8 Å². The van der Waals surface area contributed by atoms with Gasteiger partial charge in [0.15, 0.2) is 0 Å². The molecule has 2 amide bonds. The standard InChI is InChI=1S/C19H17F3N2O2/c20-19(21,22)16-9-7-15(8-10-16)18(26)24-13-12-23-17(25)11-6-14-4-2-1-3-5-14/h1-11H,12-13H2,(H,23,25)(H,24,26)/b11-6+. The maximum Gasteiger partial charge on any atom is 0.416 e. The molecule has 0 radical (unpaired) electrons. The molecule has 0 aromatic heterocycles. The number of carbonyl (C=O) groups is 2. The number of carbonyl (C=O) groups excluding carboxylic acids is 2. The predicted octanol–water partition coefficient (Wildman–Crippen LogP) is 3.26. The number of rotatable bonds is 6. The van der Waals surface area contributed by atoms with Crippen LogP contribution < -0.4 is 10.6 Å². The molecule has 0 saturated carbocycles. The first kappa shape index (κ1) is 19.2. The zero-order valence-electron chi connectivity index (χ0n) is 13.7. The van der Waals surface area contributed by atoms with Gasteiger partial charge in [0.05, 0.1) is 5.56 Å². The van der Waals surface area contributed by atoms with Crippen LogP contribution in [-0.4, -0.2) is 24.9 Å². The monoisotopic (exact) mass is 362 g/mol. The minimum absolute atomic E-state index is 0.119. The Kier molecular flexibility index (Phi) is 6.54. The highest BCUT2D eigenvalue weighted by molar-refractivity contribution is 5.94. The van der Waals surface area contributed by atoms with E-state index in [1.807, 2.05) is 30.3 Å². The lowest BCUT2D eigenvalue weighted by Gasteiger charge is -2.08. The smallest absolute Gasteiger partial charge is 0.351 e. The number of hydrogen-bond acceptors (Lipinski definition) is 2. The summed E-state index contributed by atoms with van der Waals surface area (Å²) in [6.45, 7) is 0.356. The van der Waals surface area contributed by atoms with Gasteiger partial charge in [0.2, 0.25) is 5.91 Å². The van der Waals surface area contributed by atoms with Crippen LogP contribution in [0.3, 0.4) is 0 Å². The molecule has 0 bridgehead atoms. The fourth-order valence-electron chi connectivity index (χ4n) is 2.07. The van der Waals surface area contributed by atoms with Crippen LogP contribution >= 0.6 is 0 Å². The third kappa shape index (κ3) is 6.08. The predicted molar refractivity (Wildman–Crippen MR) is 92.3 cm³/mol. The molecular weight excluding hydrogens is 345 g/mol. The molecule has 2 N–H and O–H groups in total. The third-order valence-corrected chi connectivity index (χ3v) is 3.41. The van der Waals surface area contributed by atoms with Gasteiger partial charge in [-0.05, 0) is 35.9 Å². The average Bonchev–Trinajstić information content (AvgIpc) is 2.63. The van der Waals surface area contributed by atoms with Crippen molar-refractivity contribution in [1.82, 2.24) is 10.6 Å². The molecule has 0 aliphatic rings. The molecule has 4 nitrogen and oxygen atoms in total. The summed E-state index contributed by atoms with van der Waals surface area (Å²) in [7, 11) is 0. The number of alkyl halides is 3. The summed E-state index contributed by atoms with van der Waals surface area (Å²) >= 11 is 0. The van der Waals surface area contributed by atoms with Crippen molar-refractivity contribution in [2.45, 2.75) is 6.18 Å². The highest BCUT2D eigenvalue weighted by Crippen LogP contribution is 2.28. The Morgan fingerprint density at radius 3 is 2.12 bits per heavy atom. The quantitative estimate of drug-likeness (QED) is 0.612. The normalized spacial score (nSPS) is 11.3. The van der Waals surface area contributed by atoms with Crippen molar-refractivity contribution in [2.75, 3.05) is 13.1 Å². The van der Waals surface area contributed by atoms with Crippen molar-refractivity contribution in [3.8, 4) is 0 Å². The molecule has 0 heterocycles. The van der Waals surface area contributed by atoms with Crippen molar-refractivity contribution in [2.24, 2.45) is 0 Å². The van der Waals surface area contributed by atoms with Gasteiger partial charge in [-0.25, -0.2) is 0 Å². The number of halogens is 3. The molecule has 2 rings (SSSR count). The zero-order chi connectivity index (χ0) is 19.0. The Labute approximate surface area is 148 Å². The van der Waals surface area contributed by atoms with Crippen LogP contribution in [0.4, 0.5) is 13.2 Å². The van der Waals surface area contributed by atoms with Gasteiger partial charge in [-0.3, -0.25) is 9.59 Å². The Bertz CT molecular complexity index is 770. The summed E-state index contributed by atoms with van der Waals surface area (Å²) in [5.74, 6) is -0.814. The molecule has 136 valence electrons. The molecule has 0 aliphatic heterocycles. The van der Waals surface area contributed by atoms with Crippen molar-refractivity contribution < 1.29 is 22.8 Å². The highest BCUT2D eigenvalue weighted by atomic mass is 19.4. The van der Waals surface area contributed by atoms with Crippen LogP contribution in [0.5, 0.6) is 0 Å². The van der Waals surface area contributed by atoms with E-state index in [1.165, 1.54) is 6.08 Å². The van der Waals surface area contributed by atoms with Crippen molar-refractivity contribution >= 4 is 17.9 Å². The minimum Gasteiger partial charge on any atom is -0.351 e. The average molecular weight is 362 g/mol. The molecule has 0 aliphatic carbocycles. The molecule has 0 atom stereocenters. The number of benzene rings is 2. The van der Waals surface area contributed by atoms with Gasteiger partial charge in [-0.1, -0.05) is 30.3 Å². The molecule has 26 heavy (non-hydrogen) atoms. The van der Waals surface area contributed by atoms with Crippen molar-refractivity contribution in [1.29, 1.82) is 0 Å². The fourth-order valence-corrected chi connectivity index (χ4v) is 2.07. The summed E-state index contributed by atoms with van der Waals surface area (Å²) < 4.78 is 37.4. The van der Waals surface area contributed by atoms with Crippen LogP contribution in [0.1, 0.15) is 21.5 Å². The van der Waals surface area contributed by atoms with E-state index in [1.54, 1.807) is 6.08 Å². The van der Waals surface area contributed by atoms with Gasteiger partial charge in [-0.2, -0.15) is 13.2 Å². The lowest BCUT2D eigenvalue weighted by atomic mass is 10.1. The molecule has 2 aromatic carbocycles. The second kappa shape index (κ2) is 8.84. The van der Waals surface area contributed by atoms with Crippen molar-refractivity contribution in [3.05, 3.63) is 77.4 Å². The molecular formula is C19H17F3N2O2. The van der Waals surface area contributed by atoms with E-state index in [0.29, 0.717) is 0 Å². The summed E-state index contributed by atoms with van der Waals surface area (Å²) in [4.78, 5) is 23.5. The van der Waals surface area contributed by atoms with Crippen molar-refractivity contribution in [3.63, 3.8) is 0 Å². The van der Waals surface area contributed by atoms with E-state index in [2.05, 4.69) is 10.6 Å². The Hall–Kier alpha value is -3.09. The van der Waals surface area contributed by atoms with E-state index in [0.717, 1.165) is 29.8 Å². The third-order valence-electron chi connectivity index (χ3n) is 3.41. The Morgan fingerprint density at radius 2 is 1.50 bits per heavy atom. The summed E-state index contributed by atoms with van der Waals surface area (Å²) in [6.07, 6.45) is -1.39. The maximum absolute atomic E-state index is 12.5. The summed E-state index contributed by atoms with van der Waals surface area (Å²) in [5, 5.41) is 5.13. The lowest BCUT2D eigenvalue weighted by Crippen LogP contribution is -2.34. The van der Waals surface area contributed by atoms with Crippen LogP contribution in [0.15, 0.2) is 60.7 Å². The second-order valence-corrected chi connectivity index (χ2v) is 5.37. The molecule has 2 aromatic rings. The largest absolute Gasteiger partial charge is 0.416 e. The van der Waals surface area contributed by atoms with E-state index < -0.39 is 17.6 Å². The topological polar surface area (TPSA) is 58.2 Å². The van der Waals surface area contributed by atoms with E-state index >= 15 is 0 Å². The number of nitrogens with one attached hydrogen (secondary N) is 2. The van der Waals surface area contributed by atoms with E-state index in [-0.39, 0.29) is 24.6 Å². The molecule has 0 fully saturated rings. The summed E-state index contributed by atoms with van der Waals surface area (Å²) in [5.41, 5.74) is 0.193. The zero-order valence-corrected chi connectivity index (χ0v) is 13.7. The van der Waals surface area contributed by atoms with Crippen LogP contribution in [0.25, 0.3) is 6.08 Å². The van der Waals surface area contributed by atoms with Crippen LogP contribution in [0, 0.1) is 0 Å².